The van der Waals surface area contributed by atoms with Gasteiger partial charge in [0.15, 0.2) is 0 Å². The van der Waals surface area contributed by atoms with Crippen molar-refractivity contribution in [2.75, 3.05) is 23.7 Å². The minimum atomic E-state index is -3.72. The Balaban J connectivity index is 1.61. The second-order valence-electron chi connectivity index (χ2n) is 7.24. The first-order valence-electron chi connectivity index (χ1n) is 10.2. The van der Waals surface area contributed by atoms with E-state index in [1.807, 2.05) is 30.3 Å². The van der Waals surface area contributed by atoms with Gasteiger partial charge in [-0.05, 0) is 67.6 Å². The van der Waals surface area contributed by atoms with E-state index in [9.17, 15) is 13.2 Å². The van der Waals surface area contributed by atoms with Crippen molar-refractivity contribution in [1.82, 2.24) is 5.32 Å². The van der Waals surface area contributed by atoms with Crippen molar-refractivity contribution in [1.29, 1.82) is 0 Å². The summed E-state index contributed by atoms with van der Waals surface area (Å²) in [5.41, 5.74) is 0.359. The summed E-state index contributed by atoms with van der Waals surface area (Å²) in [6, 6.07) is 21.7. The summed E-state index contributed by atoms with van der Waals surface area (Å²) < 4.78 is 37.3. The molecule has 0 saturated carbocycles. The molecule has 7 nitrogen and oxygen atoms in total. The SMILES string of the molecule is C[C@H](C(=O)NCCOc1ccc(Cl)cc1)N(c1ccc(Oc2ccccc2)cc1)S(C)(=O)=O. The zero-order valence-corrected chi connectivity index (χ0v) is 19.8. The van der Waals surface area contributed by atoms with Crippen LogP contribution in [0.4, 0.5) is 5.69 Å². The molecule has 0 aliphatic rings. The van der Waals surface area contributed by atoms with Gasteiger partial charge < -0.3 is 14.8 Å². The molecule has 0 fully saturated rings. The van der Waals surface area contributed by atoms with Crippen molar-refractivity contribution < 1.29 is 22.7 Å². The Bertz CT molecular complexity index is 1150. The zero-order chi connectivity index (χ0) is 23.8. The van der Waals surface area contributed by atoms with E-state index in [1.54, 1.807) is 48.5 Å². The van der Waals surface area contributed by atoms with Gasteiger partial charge in [-0.1, -0.05) is 29.8 Å². The van der Waals surface area contributed by atoms with Gasteiger partial charge >= 0.3 is 0 Å². The highest BCUT2D eigenvalue weighted by atomic mass is 35.5. The normalized spacial score (nSPS) is 12.0. The van der Waals surface area contributed by atoms with Crippen molar-refractivity contribution in [2.24, 2.45) is 0 Å². The highest BCUT2D eigenvalue weighted by Gasteiger charge is 2.29. The summed E-state index contributed by atoms with van der Waals surface area (Å²) in [5.74, 6) is 1.40. The van der Waals surface area contributed by atoms with Crippen LogP contribution >= 0.6 is 11.6 Å². The second kappa shape index (κ2) is 11.1. The van der Waals surface area contributed by atoms with Gasteiger partial charge in [0, 0.05) is 5.02 Å². The fraction of sp³-hybridized carbons (Fsp3) is 0.208. The molecule has 0 aliphatic heterocycles. The van der Waals surface area contributed by atoms with Crippen molar-refractivity contribution in [3.05, 3.63) is 83.9 Å². The van der Waals surface area contributed by atoms with Crippen LogP contribution in [0.25, 0.3) is 0 Å². The van der Waals surface area contributed by atoms with E-state index in [0.29, 0.717) is 28.0 Å². The largest absolute Gasteiger partial charge is 0.492 e. The number of amides is 1. The molecule has 0 spiro atoms. The number of para-hydroxylation sites is 1. The van der Waals surface area contributed by atoms with E-state index in [0.717, 1.165) is 10.6 Å². The molecule has 0 unspecified atom stereocenters. The third kappa shape index (κ3) is 7.13. The predicted molar refractivity (Wildman–Crippen MR) is 130 cm³/mol. The van der Waals surface area contributed by atoms with E-state index in [2.05, 4.69) is 5.32 Å². The van der Waals surface area contributed by atoms with E-state index in [4.69, 9.17) is 21.1 Å². The number of rotatable bonds is 10. The number of carbonyl (C=O) groups is 1. The number of carbonyl (C=O) groups excluding carboxylic acids is 1. The van der Waals surface area contributed by atoms with E-state index < -0.39 is 22.0 Å². The van der Waals surface area contributed by atoms with Crippen LogP contribution in [0.2, 0.25) is 5.02 Å². The van der Waals surface area contributed by atoms with Crippen LogP contribution < -0.4 is 19.1 Å². The quantitative estimate of drug-likeness (QED) is 0.425. The fourth-order valence-electron chi connectivity index (χ4n) is 3.12. The monoisotopic (exact) mass is 488 g/mol. The minimum Gasteiger partial charge on any atom is -0.492 e. The summed E-state index contributed by atoms with van der Waals surface area (Å²) in [7, 11) is -3.72. The average Bonchev–Trinajstić information content (AvgIpc) is 2.79. The first kappa shape index (κ1) is 24.4. The molecule has 33 heavy (non-hydrogen) atoms. The molecule has 3 aromatic carbocycles. The van der Waals surface area contributed by atoms with Crippen molar-refractivity contribution in [3.63, 3.8) is 0 Å². The number of nitrogens with zero attached hydrogens (tertiary/aromatic N) is 1. The van der Waals surface area contributed by atoms with E-state index in [-0.39, 0.29) is 13.2 Å². The number of hydrogen-bond acceptors (Lipinski definition) is 5. The number of nitrogens with one attached hydrogen (secondary N) is 1. The molecule has 3 rings (SSSR count). The highest BCUT2D eigenvalue weighted by molar-refractivity contribution is 7.92. The average molecular weight is 489 g/mol. The van der Waals surface area contributed by atoms with Crippen LogP contribution in [0.3, 0.4) is 0 Å². The lowest BCUT2D eigenvalue weighted by molar-refractivity contribution is -0.121. The number of halogens is 1. The van der Waals surface area contributed by atoms with Crippen LogP contribution in [0, 0.1) is 0 Å². The summed E-state index contributed by atoms with van der Waals surface area (Å²) in [5, 5.41) is 3.31. The van der Waals surface area contributed by atoms with Gasteiger partial charge in [-0.2, -0.15) is 0 Å². The Kier molecular flexibility index (Phi) is 8.19. The molecule has 0 aromatic heterocycles. The number of sulfonamides is 1. The molecule has 0 aliphatic carbocycles. The van der Waals surface area contributed by atoms with Gasteiger partial charge in [0.2, 0.25) is 15.9 Å². The Labute approximate surface area is 198 Å². The second-order valence-corrected chi connectivity index (χ2v) is 9.53. The molecule has 0 radical (unpaired) electrons. The topological polar surface area (TPSA) is 84.9 Å². The Hall–Kier alpha value is -3.23. The Morgan fingerprint density at radius 1 is 0.939 bits per heavy atom. The number of ether oxygens (including phenoxy) is 2. The molecule has 3 aromatic rings. The zero-order valence-electron chi connectivity index (χ0n) is 18.3. The lowest BCUT2D eigenvalue weighted by Gasteiger charge is -2.28. The van der Waals surface area contributed by atoms with E-state index in [1.165, 1.54) is 6.92 Å². The summed E-state index contributed by atoms with van der Waals surface area (Å²) in [4.78, 5) is 12.7. The van der Waals surface area contributed by atoms with Crippen LogP contribution in [0.15, 0.2) is 78.9 Å². The molecule has 0 bridgehead atoms. The molecule has 9 heteroatoms. The molecule has 0 heterocycles. The van der Waals surface area contributed by atoms with Crippen LogP contribution in [0.1, 0.15) is 6.92 Å². The maximum absolute atomic E-state index is 12.7. The first-order chi connectivity index (χ1) is 15.7. The summed E-state index contributed by atoms with van der Waals surface area (Å²) in [6.07, 6.45) is 1.06. The van der Waals surface area contributed by atoms with Crippen LogP contribution in [-0.4, -0.2) is 39.8 Å². The van der Waals surface area contributed by atoms with Crippen LogP contribution in [-0.2, 0) is 14.8 Å². The third-order valence-corrected chi connectivity index (χ3v) is 6.14. The van der Waals surface area contributed by atoms with Crippen molar-refractivity contribution in [2.45, 2.75) is 13.0 Å². The first-order valence-corrected chi connectivity index (χ1v) is 12.4. The number of anilines is 1. The van der Waals surface area contributed by atoms with Crippen molar-refractivity contribution in [3.8, 4) is 17.2 Å². The van der Waals surface area contributed by atoms with Gasteiger partial charge in [0.25, 0.3) is 0 Å². The van der Waals surface area contributed by atoms with Gasteiger partial charge in [0.1, 0.15) is 29.9 Å². The Morgan fingerprint density at radius 2 is 1.52 bits per heavy atom. The molecule has 174 valence electrons. The smallest absolute Gasteiger partial charge is 0.243 e. The highest BCUT2D eigenvalue weighted by Crippen LogP contribution is 2.27. The van der Waals surface area contributed by atoms with Crippen molar-refractivity contribution >= 4 is 33.2 Å². The molecule has 1 atom stereocenters. The van der Waals surface area contributed by atoms with Gasteiger partial charge in [-0.25, -0.2) is 8.42 Å². The van der Waals surface area contributed by atoms with E-state index >= 15 is 0 Å². The number of benzene rings is 3. The van der Waals surface area contributed by atoms with Crippen LogP contribution in [0.5, 0.6) is 17.2 Å². The molecular weight excluding hydrogens is 464 g/mol. The Morgan fingerprint density at radius 3 is 2.12 bits per heavy atom. The van der Waals surface area contributed by atoms with Gasteiger partial charge in [-0.3, -0.25) is 9.10 Å². The predicted octanol–water partition coefficient (Wildman–Crippen LogP) is 4.48. The molecule has 0 saturated heterocycles. The molecule has 1 N–H and O–H groups in total. The molecule has 1 amide bonds. The third-order valence-electron chi connectivity index (χ3n) is 4.64. The maximum Gasteiger partial charge on any atom is 0.243 e. The van der Waals surface area contributed by atoms with Gasteiger partial charge in [-0.15, -0.1) is 0 Å². The minimum absolute atomic E-state index is 0.216. The maximum atomic E-state index is 12.7. The summed E-state index contributed by atoms with van der Waals surface area (Å²) >= 11 is 5.84. The number of hydrogen-bond donors (Lipinski definition) is 1. The summed E-state index contributed by atoms with van der Waals surface area (Å²) in [6.45, 7) is 1.97. The lowest BCUT2D eigenvalue weighted by atomic mass is 10.2. The lowest BCUT2D eigenvalue weighted by Crippen LogP contribution is -2.48. The molecular formula is C24H25ClN2O5S. The fourth-order valence-corrected chi connectivity index (χ4v) is 4.42. The standard InChI is InChI=1S/C24H25ClN2O5S/c1-18(24(28)26-16-17-31-21-12-8-19(25)9-13-21)27(33(2,29)30)20-10-14-23(15-11-20)32-22-6-4-3-5-7-22/h3-15,18H,16-17H2,1-2H3,(H,26,28)/t18-/m1/s1. The van der Waals surface area contributed by atoms with Gasteiger partial charge in [0.05, 0.1) is 18.5 Å².